The first-order valence-electron chi connectivity index (χ1n) is 8.08. The summed E-state index contributed by atoms with van der Waals surface area (Å²) in [7, 11) is 0. The average Bonchev–Trinajstić information content (AvgIpc) is 2.52. The van der Waals surface area contributed by atoms with Crippen LogP contribution < -0.4 is 5.32 Å². The van der Waals surface area contributed by atoms with Crippen molar-refractivity contribution in [2.24, 2.45) is 0 Å². The molecule has 2 rings (SSSR count). The number of esters is 1. The molecule has 2 aromatic rings. The Bertz CT molecular complexity index is 648. The number of benzene rings is 2. The van der Waals surface area contributed by atoms with E-state index in [1.165, 1.54) is 0 Å². The van der Waals surface area contributed by atoms with E-state index in [1.807, 2.05) is 75.4 Å². The maximum atomic E-state index is 12.5. The van der Waals surface area contributed by atoms with Crippen LogP contribution in [0, 0.1) is 0 Å². The predicted molar refractivity (Wildman–Crippen MR) is 98.1 cm³/mol. The minimum Gasteiger partial charge on any atom is -0.459 e. The van der Waals surface area contributed by atoms with Crippen LogP contribution in [0.1, 0.15) is 31.9 Å². The first-order valence-corrected chi connectivity index (χ1v) is 8.46. The quantitative estimate of drug-likeness (QED) is 0.789. The smallest absolute Gasteiger partial charge is 0.324 e. The predicted octanol–water partition coefficient (Wildman–Crippen LogP) is 4.38. The van der Waals surface area contributed by atoms with Crippen molar-refractivity contribution in [1.29, 1.82) is 0 Å². The summed E-state index contributed by atoms with van der Waals surface area (Å²) in [5.74, 6) is -0.242. The fourth-order valence-electron chi connectivity index (χ4n) is 2.30. The van der Waals surface area contributed by atoms with E-state index in [1.54, 1.807) is 0 Å². The lowest BCUT2D eigenvalue weighted by Crippen LogP contribution is -2.42. The molecule has 0 aliphatic carbocycles. The summed E-state index contributed by atoms with van der Waals surface area (Å²) < 4.78 is 5.56. The maximum Gasteiger partial charge on any atom is 0.324 e. The zero-order chi connectivity index (χ0) is 17.6. The van der Waals surface area contributed by atoms with Gasteiger partial charge in [-0.25, -0.2) is 0 Å². The average molecular weight is 346 g/mol. The molecule has 0 fully saturated rings. The second-order valence-corrected chi connectivity index (χ2v) is 7.22. The minimum atomic E-state index is -0.510. The number of carbonyl (C=O) groups excluding carboxylic acids is 1. The van der Waals surface area contributed by atoms with E-state index < -0.39 is 11.6 Å². The van der Waals surface area contributed by atoms with E-state index in [2.05, 4.69) is 5.32 Å². The molecule has 0 unspecified atom stereocenters. The number of halogens is 1. The standard InChI is InChI=1S/C20H24ClNO2/c1-20(2,3)24-19(23)18(13-15-9-11-17(21)12-10-15)22-14-16-7-5-4-6-8-16/h4-12,18,22H,13-14H2,1-3H3/t18-/m0/s1. The molecule has 4 heteroatoms. The van der Waals surface area contributed by atoms with Crippen molar-refractivity contribution in [3.63, 3.8) is 0 Å². The number of nitrogens with one attached hydrogen (secondary N) is 1. The molecule has 2 aromatic carbocycles. The van der Waals surface area contributed by atoms with Gasteiger partial charge in [0.25, 0.3) is 0 Å². The van der Waals surface area contributed by atoms with Crippen LogP contribution in [0.25, 0.3) is 0 Å². The molecule has 0 aliphatic rings. The van der Waals surface area contributed by atoms with Crippen LogP contribution in [0.4, 0.5) is 0 Å². The third kappa shape index (κ3) is 6.34. The second-order valence-electron chi connectivity index (χ2n) is 6.78. The minimum absolute atomic E-state index is 0.242. The zero-order valence-corrected chi connectivity index (χ0v) is 15.1. The molecule has 1 N–H and O–H groups in total. The molecular weight excluding hydrogens is 322 g/mol. The lowest BCUT2D eigenvalue weighted by atomic mass is 10.0. The Morgan fingerprint density at radius 3 is 2.25 bits per heavy atom. The van der Waals surface area contributed by atoms with Crippen LogP contribution in [-0.2, 0) is 22.5 Å². The molecule has 24 heavy (non-hydrogen) atoms. The lowest BCUT2D eigenvalue weighted by molar-refractivity contribution is -0.157. The summed E-state index contributed by atoms with van der Waals surface area (Å²) in [5.41, 5.74) is 1.65. The monoisotopic (exact) mass is 345 g/mol. The Kier molecular flexibility index (Phi) is 6.41. The van der Waals surface area contributed by atoms with Crippen molar-refractivity contribution in [2.75, 3.05) is 0 Å². The van der Waals surface area contributed by atoms with Gasteiger partial charge in [0.1, 0.15) is 11.6 Å². The van der Waals surface area contributed by atoms with Gasteiger partial charge >= 0.3 is 5.97 Å². The Balaban J connectivity index is 2.08. The van der Waals surface area contributed by atoms with E-state index in [0.29, 0.717) is 18.0 Å². The maximum absolute atomic E-state index is 12.5. The van der Waals surface area contributed by atoms with E-state index in [9.17, 15) is 4.79 Å². The molecule has 0 saturated carbocycles. The van der Waals surface area contributed by atoms with Gasteiger partial charge in [-0.15, -0.1) is 0 Å². The summed E-state index contributed by atoms with van der Waals surface area (Å²) >= 11 is 5.93. The van der Waals surface area contributed by atoms with Crippen LogP contribution in [0.2, 0.25) is 5.02 Å². The fraction of sp³-hybridized carbons (Fsp3) is 0.350. The van der Waals surface area contributed by atoms with Gasteiger partial charge in [-0.1, -0.05) is 54.1 Å². The molecular formula is C20H24ClNO2. The van der Waals surface area contributed by atoms with Crippen molar-refractivity contribution in [3.05, 3.63) is 70.7 Å². The Labute approximate surface area is 149 Å². The lowest BCUT2D eigenvalue weighted by Gasteiger charge is -2.25. The summed E-state index contributed by atoms with van der Waals surface area (Å²) in [4.78, 5) is 12.5. The number of hydrogen-bond acceptors (Lipinski definition) is 3. The second kappa shape index (κ2) is 8.32. The molecule has 0 spiro atoms. The van der Waals surface area contributed by atoms with Gasteiger partial charge in [-0.2, -0.15) is 0 Å². The van der Waals surface area contributed by atoms with E-state index >= 15 is 0 Å². The summed E-state index contributed by atoms with van der Waals surface area (Å²) in [6.45, 7) is 6.24. The summed E-state index contributed by atoms with van der Waals surface area (Å²) in [6, 6.07) is 17.1. The number of carbonyl (C=O) groups is 1. The van der Waals surface area contributed by atoms with Gasteiger partial charge in [-0.3, -0.25) is 4.79 Å². The Morgan fingerprint density at radius 1 is 1.04 bits per heavy atom. The highest BCUT2D eigenvalue weighted by molar-refractivity contribution is 6.30. The van der Waals surface area contributed by atoms with Crippen LogP contribution >= 0.6 is 11.6 Å². The molecule has 0 heterocycles. The highest BCUT2D eigenvalue weighted by Gasteiger charge is 2.25. The first-order chi connectivity index (χ1) is 11.3. The van der Waals surface area contributed by atoms with E-state index in [0.717, 1.165) is 11.1 Å². The van der Waals surface area contributed by atoms with E-state index in [4.69, 9.17) is 16.3 Å². The zero-order valence-electron chi connectivity index (χ0n) is 14.4. The molecule has 0 amide bonds. The highest BCUT2D eigenvalue weighted by atomic mass is 35.5. The van der Waals surface area contributed by atoms with Crippen molar-refractivity contribution >= 4 is 17.6 Å². The third-order valence-corrected chi connectivity index (χ3v) is 3.69. The topological polar surface area (TPSA) is 38.3 Å². The molecule has 1 atom stereocenters. The summed E-state index contributed by atoms with van der Waals surface area (Å²) in [6.07, 6.45) is 0.554. The number of ether oxygens (including phenoxy) is 1. The number of hydrogen-bond donors (Lipinski definition) is 1. The third-order valence-electron chi connectivity index (χ3n) is 3.44. The first kappa shape index (κ1) is 18.5. The van der Waals surface area contributed by atoms with Crippen LogP contribution in [-0.4, -0.2) is 17.6 Å². The van der Waals surface area contributed by atoms with Gasteiger partial charge in [0.05, 0.1) is 0 Å². The van der Waals surface area contributed by atoms with Crippen molar-refractivity contribution in [3.8, 4) is 0 Å². The van der Waals surface area contributed by atoms with Gasteiger partial charge in [0.15, 0.2) is 0 Å². The molecule has 128 valence electrons. The van der Waals surface area contributed by atoms with Crippen molar-refractivity contribution < 1.29 is 9.53 Å². The Morgan fingerprint density at radius 2 is 1.67 bits per heavy atom. The molecule has 0 aromatic heterocycles. The van der Waals surface area contributed by atoms with Gasteiger partial charge in [0, 0.05) is 11.6 Å². The molecule has 0 aliphatic heterocycles. The molecule has 3 nitrogen and oxygen atoms in total. The van der Waals surface area contributed by atoms with Crippen molar-refractivity contribution in [1.82, 2.24) is 5.32 Å². The normalized spacial score (nSPS) is 12.7. The van der Waals surface area contributed by atoms with Crippen LogP contribution in [0.15, 0.2) is 54.6 Å². The number of rotatable bonds is 6. The SMILES string of the molecule is CC(C)(C)OC(=O)[C@H](Cc1ccc(Cl)cc1)NCc1ccccc1. The largest absolute Gasteiger partial charge is 0.459 e. The molecule has 0 saturated heterocycles. The fourth-order valence-corrected chi connectivity index (χ4v) is 2.43. The van der Waals surface area contributed by atoms with Crippen LogP contribution in [0.3, 0.4) is 0 Å². The van der Waals surface area contributed by atoms with Gasteiger partial charge in [0.2, 0.25) is 0 Å². The summed E-state index contributed by atoms with van der Waals surface area (Å²) in [5, 5.41) is 4.00. The van der Waals surface area contributed by atoms with Gasteiger partial charge in [-0.05, 0) is 50.5 Å². The van der Waals surface area contributed by atoms with E-state index in [-0.39, 0.29) is 5.97 Å². The molecule has 0 radical (unpaired) electrons. The van der Waals surface area contributed by atoms with Gasteiger partial charge < -0.3 is 10.1 Å². The highest BCUT2D eigenvalue weighted by Crippen LogP contribution is 2.14. The van der Waals surface area contributed by atoms with Crippen LogP contribution in [0.5, 0.6) is 0 Å². The Hall–Kier alpha value is -1.84. The molecule has 0 bridgehead atoms. The van der Waals surface area contributed by atoms with Crippen molar-refractivity contribution in [2.45, 2.75) is 45.4 Å².